The van der Waals surface area contributed by atoms with Crippen LogP contribution in [0.15, 0.2) is 36.4 Å². The summed E-state index contributed by atoms with van der Waals surface area (Å²) in [4.78, 5) is 45.0. The summed E-state index contributed by atoms with van der Waals surface area (Å²) < 4.78 is 107. The van der Waals surface area contributed by atoms with Gasteiger partial charge in [-0.3, -0.25) is 9.59 Å². The average molecular weight is 659 g/mol. The zero-order valence-corrected chi connectivity index (χ0v) is 24.5. The molecule has 2 aromatic rings. The van der Waals surface area contributed by atoms with Gasteiger partial charge in [-0.15, -0.1) is 0 Å². The summed E-state index contributed by atoms with van der Waals surface area (Å²) in [6.07, 6.45) is -7.75. The number of piperidine rings is 2. The molecule has 248 valence electrons. The van der Waals surface area contributed by atoms with Gasteiger partial charge in [-0.1, -0.05) is 0 Å². The number of urea groups is 1. The summed E-state index contributed by atoms with van der Waals surface area (Å²) in [7, 11) is 0. The van der Waals surface area contributed by atoms with E-state index >= 15 is 0 Å². The first kappa shape index (κ1) is 32.0. The third kappa shape index (κ3) is 5.88. The Morgan fingerprint density at radius 1 is 0.543 bits per heavy atom. The van der Waals surface area contributed by atoms with Crippen LogP contribution in [0.3, 0.4) is 0 Å². The quantitative estimate of drug-likeness (QED) is 0.378. The van der Waals surface area contributed by atoms with Gasteiger partial charge in [0.1, 0.15) is 11.6 Å². The first-order valence-electron chi connectivity index (χ1n) is 14.9. The highest BCUT2D eigenvalue weighted by Gasteiger charge is 2.53. The molecule has 4 aliphatic rings. The molecule has 0 atom stereocenters. The molecule has 0 unspecified atom stereocenters. The van der Waals surface area contributed by atoms with Crippen molar-refractivity contribution >= 4 is 17.8 Å². The maximum atomic E-state index is 13.5. The number of amides is 4. The van der Waals surface area contributed by atoms with E-state index in [0.717, 1.165) is 24.3 Å². The number of rotatable bonds is 2. The zero-order valence-electron chi connectivity index (χ0n) is 24.5. The van der Waals surface area contributed by atoms with E-state index in [1.165, 1.54) is 9.80 Å². The van der Waals surface area contributed by atoms with Crippen LogP contribution < -0.4 is 0 Å². The Kier molecular flexibility index (Phi) is 7.74. The second-order valence-corrected chi connectivity index (χ2v) is 13.0. The predicted octanol–water partition coefficient (Wildman–Crippen LogP) is 5.90. The van der Waals surface area contributed by atoms with Crippen LogP contribution in [-0.4, -0.2) is 89.8 Å². The molecule has 0 aromatic heterocycles. The number of carbonyl (C=O) groups excluding carboxylic acids is 3. The van der Waals surface area contributed by atoms with E-state index in [1.54, 1.807) is 9.80 Å². The Morgan fingerprint density at radius 3 is 1.17 bits per heavy atom. The number of carbonyl (C=O) groups is 3. The number of benzene rings is 2. The Morgan fingerprint density at radius 2 is 0.870 bits per heavy atom. The minimum absolute atomic E-state index is 0.157. The number of alkyl halides is 6. The van der Waals surface area contributed by atoms with Gasteiger partial charge >= 0.3 is 18.4 Å². The lowest BCUT2D eigenvalue weighted by molar-refractivity contribution is -0.139. The van der Waals surface area contributed by atoms with Crippen molar-refractivity contribution < 1.29 is 49.5 Å². The first-order chi connectivity index (χ1) is 21.5. The molecule has 46 heavy (non-hydrogen) atoms. The molecule has 4 fully saturated rings. The van der Waals surface area contributed by atoms with Crippen LogP contribution >= 0.6 is 0 Å². The van der Waals surface area contributed by atoms with E-state index in [1.807, 2.05) is 0 Å². The lowest BCUT2D eigenvalue weighted by atomic mass is 9.70. The SMILES string of the molecule is O=C(c1ccc(F)cc1C(F)(F)F)N1CCC2(CC1)CN(C(=O)N1CC3(CCN(C(=O)c4ccc(F)cc4C(F)(F)F)CC3)C1)C2. The van der Waals surface area contributed by atoms with E-state index in [-0.39, 0.29) is 43.0 Å². The number of halogens is 8. The van der Waals surface area contributed by atoms with Crippen molar-refractivity contribution in [1.29, 1.82) is 0 Å². The van der Waals surface area contributed by atoms with Gasteiger partial charge in [-0.25, -0.2) is 13.6 Å². The molecule has 2 spiro atoms. The molecule has 2 aromatic carbocycles. The van der Waals surface area contributed by atoms with Crippen LogP contribution in [0, 0.1) is 22.5 Å². The maximum absolute atomic E-state index is 13.5. The largest absolute Gasteiger partial charge is 0.417 e. The van der Waals surface area contributed by atoms with Gasteiger partial charge in [0.05, 0.1) is 22.3 Å². The Labute approximate surface area is 258 Å². The summed E-state index contributed by atoms with van der Waals surface area (Å²) in [5.41, 5.74) is -4.31. The van der Waals surface area contributed by atoms with Crippen LogP contribution in [0.2, 0.25) is 0 Å². The molecule has 4 amide bonds. The Bertz CT molecular complexity index is 1430. The van der Waals surface area contributed by atoms with Crippen molar-refractivity contribution in [3.8, 4) is 0 Å². The maximum Gasteiger partial charge on any atom is 0.417 e. The molecule has 0 saturated carbocycles. The normalized spacial score (nSPS) is 20.9. The zero-order chi connectivity index (χ0) is 33.2. The fourth-order valence-corrected chi connectivity index (χ4v) is 7.21. The fraction of sp³-hybridized carbons (Fsp3) is 0.516. The van der Waals surface area contributed by atoms with Crippen molar-refractivity contribution in [2.45, 2.75) is 38.0 Å². The van der Waals surface area contributed by atoms with Crippen molar-refractivity contribution in [1.82, 2.24) is 19.6 Å². The molecule has 4 saturated heterocycles. The van der Waals surface area contributed by atoms with Crippen LogP contribution in [0.5, 0.6) is 0 Å². The summed E-state index contributed by atoms with van der Waals surface area (Å²) in [5, 5.41) is 0. The van der Waals surface area contributed by atoms with E-state index in [9.17, 15) is 49.5 Å². The lowest BCUT2D eigenvalue weighted by Crippen LogP contribution is -2.69. The van der Waals surface area contributed by atoms with E-state index in [0.29, 0.717) is 64.0 Å². The average Bonchev–Trinajstić information content (AvgIpc) is 2.97. The topological polar surface area (TPSA) is 64.2 Å². The molecule has 0 radical (unpaired) electrons. The minimum Gasteiger partial charge on any atom is -0.339 e. The molecule has 4 aliphatic heterocycles. The summed E-state index contributed by atoms with van der Waals surface area (Å²) in [6, 6.07) is 3.84. The molecule has 4 heterocycles. The van der Waals surface area contributed by atoms with Crippen molar-refractivity contribution in [3.63, 3.8) is 0 Å². The molecule has 0 bridgehead atoms. The Hall–Kier alpha value is -3.91. The van der Waals surface area contributed by atoms with Crippen molar-refractivity contribution in [2.24, 2.45) is 10.8 Å². The summed E-state index contributed by atoms with van der Waals surface area (Å²) in [6.45, 7) is 2.62. The third-order valence-corrected chi connectivity index (χ3v) is 9.90. The molecule has 15 heteroatoms. The predicted molar refractivity (Wildman–Crippen MR) is 146 cm³/mol. The molecular weight excluding hydrogens is 628 g/mol. The van der Waals surface area contributed by atoms with Gasteiger partial charge in [-0.2, -0.15) is 26.3 Å². The summed E-state index contributed by atoms with van der Waals surface area (Å²) in [5.74, 6) is -3.79. The smallest absolute Gasteiger partial charge is 0.339 e. The minimum atomic E-state index is -4.88. The molecule has 7 nitrogen and oxygen atoms in total. The van der Waals surface area contributed by atoms with Gasteiger partial charge in [-0.05, 0) is 62.1 Å². The Balaban J connectivity index is 0.975. The number of hydrogen-bond acceptors (Lipinski definition) is 3. The van der Waals surface area contributed by atoms with Crippen molar-refractivity contribution in [3.05, 3.63) is 70.3 Å². The van der Waals surface area contributed by atoms with Gasteiger partial charge in [0.2, 0.25) is 0 Å². The van der Waals surface area contributed by atoms with E-state index in [2.05, 4.69) is 0 Å². The van der Waals surface area contributed by atoms with Gasteiger partial charge in [0, 0.05) is 63.2 Å². The molecular formula is C31H30F8N4O3. The molecule has 0 aliphatic carbocycles. The molecule has 0 N–H and O–H groups in total. The van der Waals surface area contributed by atoms with E-state index < -0.39 is 58.1 Å². The standard InChI is InChI=1S/C31H30F8N4O3/c32-19-1-3-21(23(13-19)30(34,35)36)25(44)40-9-5-28(6-10-40)15-42(16-28)27(46)43-17-29(18-43)7-11-41(12-8-29)26(45)22-4-2-20(33)14-24(22)31(37,38)39/h1-4,13-14H,5-12,15-18H2. The highest BCUT2D eigenvalue weighted by atomic mass is 19.4. The van der Waals surface area contributed by atoms with Gasteiger partial charge in [0.15, 0.2) is 0 Å². The second kappa shape index (κ2) is 11.1. The number of nitrogens with zero attached hydrogens (tertiary/aromatic N) is 4. The lowest BCUT2D eigenvalue weighted by Gasteiger charge is -2.59. The number of likely N-dealkylation sites (tertiary alicyclic amines) is 4. The van der Waals surface area contributed by atoms with Gasteiger partial charge < -0.3 is 19.6 Å². The highest BCUT2D eigenvalue weighted by molar-refractivity contribution is 5.96. The number of hydrogen-bond donors (Lipinski definition) is 0. The van der Waals surface area contributed by atoms with Crippen molar-refractivity contribution in [2.75, 3.05) is 52.4 Å². The highest BCUT2D eigenvalue weighted by Crippen LogP contribution is 2.45. The van der Waals surface area contributed by atoms with Gasteiger partial charge in [0.25, 0.3) is 11.8 Å². The molecule has 6 rings (SSSR count). The van der Waals surface area contributed by atoms with Crippen LogP contribution in [-0.2, 0) is 12.4 Å². The third-order valence-electron chi connectivity index (χ3n) is 9.90. The fourth-order valence-electron chi connectivity index (χ4n) is 7.21. The van der Waals surface area contributed by atoms with E-state index in [4.69, 9.17) is 0 Å². The monoisotopic (exact) mass is 658 g/mol. The van der Waals surface area contributed by atoms with Crippen LogP contribution in [0.1, 0.15) is 57.5 Å². The van der Waals surface area contributed by atoms with Crippen LogP contribution in [0.4, 0.5) is 39.9 Å². The summed E-state index contributed by atoms with van der Waals surface area (Å²) >= 11 is 0. The first-order valence-corrected chi connectivity index (χ1v) is 14.9. The van der Waals surface area contributed by atoms with Crippen LogP contribution in [0.25, 0.3) is 0 Å². The second-order valence-electron chi connectivity index (χ2n) is 13.0.